The first-order chi connectivity index (χ1) is 9.63. The monoisotopic (exact) mass is 291 g/mol. The molecule has 0 bridgehead atoms. The number of benzene rings is 1. The number of carbonyl (C=O) groups excluding carboxylic acids is 1. The van der Waals surface area contributed by atoms with Gasteiger partial charge in [0.1, 0.15) is 12.4 Å². The lowest BCUT2D eigenvalue weighted by atomic mass is 10.2. The molecule has 2 aromatic rings. The highest BCUT2D eigenvalue weighted by Gasteiger charge is 2.11. The van der Waals surface area contributed by atoms with Crippen LogP contribution in [0.25, 0.3) is 0 Å². The average molecular weight is 291 g/mol. The predicted molar refractivity (Wildman–Crippen MR) is 76.5 cm³/mol. The van der Waals surface area contributed by atoms with E-state index in [-0.39, 0.29) is 11.3 Å². The van der Waals surface area contributed by atoms with Crippen molar-refractivity contribution < 1.29 is 14.5 Å². The number of aldehydes is 1. The molecule has 1 aromatic carbocycles. The van der Waals surface area contributed by atoms with Crippen LogP contribution >= 0.6 is 11.3 Å². The van der Waals surface area contributed by atoms with Crippen LogP contribution in [0.4, 0.5) is 5.69 Å². The molecule has 2 rings (SSSR count). The van der Waals surface area contributed by atoms with Crippen molar-refractivity contribution >= 4 is 23.3 Å². The summed E-state index contributed by atoms with van der Waals surface area (Å²) in [6.07, 6.45) is 1.54. The van der Waals surface area contributed by atoms with E-state index < -0.39 is 4.92 Å². The standard InChI is InChI=1S/C14H13NO4S/c1-2-12-4-5-13(20-12)9-19-14-6-3-11(15(17)18)7-10(14)8-16/h3-8H,2,9H2,1H3. The summed E-state index contributed by atoms with van der Waals surface area (Å²) in [5.41, 5.74) is 0.0651. The molecule has 0 unspecified atom stereocenters. The van der Waals surface area contributed by atoms with E-state index in [0.29, 0.717) is 18.6 Å². The maximum atomic E-state index is 11.0. The largest absolute Gasteiger partial charge is 0.487 e. The van der Waals surface area contributed by atoms with Crippen molar-refractivity contribution in [2.45, 2.75) is 20.0 Å². The molecule has 0 aliphatic rings. The molecule has 1 heterocycles. The Morgan fingerprint density at radius 1 is 1.30 bits per heavy atom. The Labute approximate surface area is 120 Å². The summed E-state index contributed by atoms with van der Waals surface area (Å²) < 4.78 is 5.56. The van der Waals surface area contributed by atoms with E-state index in [1.165, 1.54) is 23.1 Å². The van der Waals surface area contributed by atoms with Gasteiger partial charge in [0.25, 0.3) is 5.69 Å². The number of ether oxygens (including phenoxy) is 1. The van der Waals surface area contributed by atoms with Gasteiger partial charge in [0.2, 0.25) is 0 Å². The summed E-state index contributed by atoms with van der Waals surface area (Å²) in [5.74, 6) is 0.358. The number of hydrogen-bond donors (Lipinski definition) is 0. The van der Waals surface area contributed by atoms with Gasteiger partial charge in [0, 0.05) is 21.9 Å². The molecule has 0 spiro atoms. The van der Waals surface area contributed by atoms with Crippen LogP contribution in [0, 0.1) is 10.1 Å². The summed E-state index contributed by atoms with van der Waals surface area (Å²) >= 11 is 1.65. The number of carbonyl (C=O) groups is 1. The van der Waals surface area contributed by atoms with E-state index in [1.54, 1.807) is 11.3 Å². The zero-order chi connectivity index (χ0) is 14.5. The molecular formula is C14H13NO4S. The summed E-state index contributed by atoms with van der Waals surface area (Å²) in [6, 6.07) is 8.02. The number of aryl methyl sites for hydroxylation is 1. The van der Waals surface area contributed by atoms with Crippen molar-refractivity contribution in [1.29, 1.82) is 0 Å². The number of nitrogens with zero attached hydrogens (tertiary/aromatic N) is 1. The van der Waals surface area contributed by atoms with E-state index in [4.69, 9.17) is 4.74 Å². The zero-order valence-corrected chi connectivity index (χ0v) is 11.7. The Bertz CT molecular complexity index is 636. The van der Waals surface area contributed by atoms with E-state index >= 15 is 0 Å². The van der Waals surface area contributed by atoms with E-state index in [9.17, 15) is 14.9 Å². The maximum absolute atomic E-state index is 11.0. The highest BCUT2D eigenvalue weighted by molar-refractivity contribution is 7.11. The molecule has 0 amide bonds. The van der Waals surface area contributed by atoms with Gasteiger partial charge in [0.05, 0.1) is 10.5 Å². The molecule has 1 aromatic heterocycles. The third kappa shape index (κ3) is 3.21. The fourth-order valence-electron chi connectivity index (χ4n) is 1.71. The van der Waals surface area contributed by atoms with Gasteiger partial charge < -0.3 is 4.74 Å². The molecule has 5 nitrogen and oxygen atoms in total. The van der Waals surface area contributed by atoms with Crippen LogP contribution in [0.5, 0.6) is 5.75 Å². The minimum atomic E-state index is -0.538. The van der Waals surface area contributed by atoms with Crippen LogP contribution in [-0.2, 0) is 13.0 Å². The number of thiophene rings is 1. The molecule has 0 aliphatic heterocycles. The minimum absolute atomic E-state index is 0.121. The molecule has 104 valence electrons. The molecule has 0 N–H and O–H groups in total. The van der Waals surface area contributed by atoms with Crippen molar-refractivity contribution in [3.8, 4) is 5.75 Å². The van der Waals surface area contributed by atoms with Crippen molar-refractivity contribution in [3.05, 3.63) is 55.8 Å². The fraction of sp³-hybridized carbons (Fsp3) is 0.214. The Morgan fingerprint density at radius 3 is 2.65 bits per heavy atom. The first-order valence-electron chi connectivity index (χ1n) is 6.08. The van der Waals surface area contributed by atoms with Crippen LogP contribution in [0.3, 0.4) is 0 Å². The number of non-ortho nitro benzene ring substituents is 1. The van der Waals surface area contributed by atoms with Gasteiger partial charge in [-0.1, -0.05) is 6.92 Å². The number of hydrogen-bond acceptors (Lipinski definition) is 5. The molecule has 0 radical (unpaired) electrons. The zero-order valence-electron chi connectivity index (χ0n) is 10.9. The second-order valence-electron chi connectivity index (χ2n) is 4.11. The van der Waals surface area contributed by atoms with Crippen molar-refractivity contribution in [2.75, 3.05) is 0 Å². The van der Waals surface area contributed by atoms with E-state index in [0.717, 1.165) is 11.3 Å². The molecule has 0 saturated heterocycles. The van der Waals surface area contributed by atoms with Crippen LogP contribution in [-0.4, -0.2) is 11.2 Å². The number of rotatable bonds is 6. The van der Waals surface area contributed by atoms with Crippen LogP contribution in [0.1, 0.15) is 27.0 Å². The summed E-state index contributed by atoms with van der Waals surface area (Å²) in [7, 11) is 0. The van der Waals surface area contributed by atoms with Gasteiger partial charge in [0.15, 0.2) is 6.29 Å². The third-order valence-corrected chi connectivity index (χ3v) is 3.97. The molecule has 0 aliphatic carbocycles. The molecular weight excluding hydrogens is 278 g/mol. The normalized spacial score (nSPS) is 10.2. The summed E-state index contributed by atoms with van der Waals surface area (Å²) in [6.45, 7) is 2.43. The Hall–Kier alpha value is -2.21. The molecule has 20 heavy (non-hydrogen) atoms. The first kappa shape index (κ1) is 14.2. The van der Waals surface area contributed by atoms with Gasteiger partial charge in [-0.05, 0) is 24.6 Å². The Kier molecular flexibility index (Phi) is 4.47. The smallest absolute Gasteiger partial charge is 0.270 e. The summed E-state index contributed by atoms with van der Waals surface area (Å²) in [4.78, 5) is 23.4. The minimum Gasteiger partial charge on any atom is -0.487 e. The fourth-order valence-corrected chi connectivity index (χ4v) is 2.58. The quantitative estimate of drug-likeness (QED) is 0.463. The van der Waals surface area contributed by atoms with Crippen LogP contribution in [0.2, 0.25) is 0 Å². The first-order valence-corrected chi connectivity index (χ1v) is 6.89. The van der Waals surface area contributed by atoms with Crippen molar-refractivity contribution in [1.82, 2.24) is 0 Å². The Morgan fingerprint density at radius 2 is 2.05 bits per heavy atom. The number of nitro groups is 1. The second-order valence-corrected chi connectivity index (χ2v) is 5.36. The van der Waals surface area contributed by atoms with Gasteiger partial charge in [-0.25, -0.2) is 0 Å². The number of nitro benzene ring substituents is 1. The predicted octanol–water partition coefficient (Wildman–Crippen LogP) is 3.61. The van der Waals surface area contributed by atoms with E-state index in [1.807, 2.05) is 12.1 Å². The van der Waals surface area contributed by atoms with Gasteiger partial charge in [-0.2, -0.15) is 0 Å². The van der Waals surface area contributed by atoms with Crippen molar-refractivity contribution in [3.63, 3.8) is 0 Å². The lowest BCUT2D eigenvalue weighted by Crippen LogP contribution is -1.98. The molecule has 6 heteroatoms. The van der Waals surface area contributed by atoms with E-state index in [2.05, 4.69) is 6.92 Å². The topological polar surface area (TPSA) is 69.4 Å². The SMILES string of the molecule is CCc1ccc(COc2ccc([N+](=O)[O-])cc2C=O)s1. The Balaban J connectivity index is 2.12. The maximum Gasteiger partial charge on any atom is 0.270 e. The lowest BCUT2D eigenvalue weighted by Gasteiger charge is -2.06. The average Bonchev–Trinajstić information content (AvgIpc) is 2.92. The third-order valence-electron chi connectivity index (χ3n) is 2.77. The van der Waals surface area contributed by atoms with Gasteiger partial charge in [-0.3, -0.25) is 14.9 Å². The van der Waals surface area contributed by atoms with Crippen LogP contribution < -0.4 is 4.74 Å². The molecule has 0 fully saturated rings. The van der Waals surface area contributed by atoms with Gasteiger partial charge >= 0.3 is 0 Å². The summed E-state index contributed by atoms with van der Waals surface area (Å²) in [5, 5.41) is 10.6. The molecule has 0 atom stereocenters. The van der Waals surface area contributed by atoms with Gasteiger partial charge in [-0.15, -0.1) is 11.3 Å². The molecule has 0 saturated carbocycles. The highest BCUT2D eigenvalue weighted by Crippen LogP contribution is 2.25. The van der Waals surface area contributed by atoms with Crippen molar-refractivity contribution in [2.24, 2.45) is 0 Å². The lowest BCUT2D eigenvalue weighted by molar-refractivity contribution is -0.384. The second kappa shape index (κ2) is 6.29. The highest BCUT2D eigenvalue weighted by atomic mass is 32.1. The van der Waals surface area contributed by atoms with Crippen LogP contribution in [0.15, 0.2) is 30.3 Å².